The maximum absolute atomic E-state index is 10.9. The highest BCUT2D eigenvalue weighted by Crippen LogP contribution is 2.27. The summed E-state index contributed by atoms with van der Waals surface area (Å²) in [7, 11) is 1.87. The van der Waals surface area contributed by atoms with Crippen LogP contribution in [0, 0.1) is 0 Å². The van der Waals surface area contributed by atoms with E-state index in [1.807, 2.05) is 29.8 Å². The van der Waals surface area contributed by atoms with Gasteiger partial charge in [0.2, 0.25) is 0 Å². The van der Waals surface area contributed by atoms with Gasteiger partial charge in [0.1, 0.15) is 6.04 Å². The number of carboxylic acid groups (broad SMARTS) is 1. The lowest BCUT2D eigenvalue weighted by atomic mass is 10.1. The lowest BCUT2D eigenvalue weighted by Crippen LogP contribution is -2.20. The Balaban J connectivity index is 2.70. The predicted octanol–water partition coefficient (Wildman–Crippen LogP) is 2.03. The van der Waals surface area contributed by atoms with Crippen LogP contribution in [0.3, 0.4) is 0 Å². The van der Waals surface area contributed by atoms with Crippen LogP contribution in [0.25, 0.3) is 10.9 Å². The standard InChI is InChI=1S/C11H11BrN2O2/c1-14-5-8(10(13)11(15)16)7-4-6(12)2-3-9(7)14/h2-5,10H,13H2,1H3,(H,15,16). The molecule has 1 atom stereocenters. The van der Waals surface area contributed by atoms with Crippen LogP contribution in [0.5, 0.6) is 0 Å². The van der Waals surface area contributed by atoms with Crippen molar-refractivity contribution in [2.45, 2.75) is 6.04 Å². The number of aliphatic carboxylic acids is 1. The van der Waals surface area contributed by atoms with Crippen LogP contribution >= 0.6 is 15.9 Å². The summed E-state index contributed by atoms with van der Waals surface area (Å²) in [5.74, 6) is -1.02. The van der Waals surface area contributed by atoms with Gasteiger partial charge in [-0.05, 0) is 18.2 Å². The number of hydrogen-bond donors (Lipinski definition) is 2. The number of nitrogens with two attached hydrogens (primary N) is 1. The van der Waals surface area contributed by atoms with Crippen molar-refractivity contribution >= 4 is 32.8 Å². The van der Waals surface area contributed by atoms with Crippen molar-refractivity contribution in [3.05, 3.63) is 34.4 Å². The van der Waals surface area contributed by atoms with E-state index < -0.39 is 12.0 Å². The third-order valence-corrected chi connectivity index (χ3v) is 3.08. The lowest BCUT2D eigenvalue weighted by Gasteiger charge is -2.04. The van der Waals surface area contributed by atoms with Crippen molar-refractivity contribution in [2.75, 3.05) is 0 Å². The largest absolute Gasteiger partial charge is 0.480 e. The van der Waals surface area contributed by atoms with Gasteiger partial charge in [0.05, 0.1) is 0 Å². The number of rotatable bonds is 2. The van der Waals surface area contributed by atoms with Gasteiger partial charge in [0, 0.05) is 34.2 Å². The molecular formula is C11H11BrN2O2. The molecule has 3 N–H and O–H groups in total. The molecule has 0 spiro atoms. The van der Waals surface area contributed by atoms with Gasteiger partial charge in [-0.1, -0.05) is 15.9 Å². The Kier molecular flexibility index (Phi) is 2.73. The van der Waals surface area contributed by atoms with Gasteiger partial charge >= 0.3 is 5.97 Å². The molecule has 84 valence electrons. The fourth-order valence-electron chi connectivity index (χ4n) is 1.78. The van der Waals surface area contributed by atoms with E-state index in [1.165, 1.54) is 0 Å². The zero-order valence-corrected chi connectivity index (χ0v) is 10.2. The monoisotopic (exact) mass is 282 g/mol. The maximum Gasteiger partial charge on any atom is 0.325 e. The van der Waals surface area contributed by atoms with E-state index in [2.05, 4.69) is 15.9 Å². The lowest BCUT2D eigenvalue weighted by molar-refractivity contribution is -0.138. The smallest absolute Gasteiger partial charge is 0.325 e. The fraction of sp³-hybridized carbons (Fsp3) is 0.182. The Bertz CT molecular complexity index is 562. The Morgan fingerprint density at radius 3 is 2.88 bits per heavy atom. The molecule has 0 radical (unpaired) electrons. The van der Waals surface area contributed by atoms with Crippen molar-refractivity contribution in [1.29, 1.82) is 0 Å². The molecule has 5 heteroatoms. The molecule has 1 aromatic carbocycles. The zero-order valence-electron chi connectivity index (χ0n) is 8.64. The van der Waals surface area contributed by atoms with Gasteiger partial charge < -0.3 is 15.4 Å². The number of carbonyl (C=O) groups is 1. The molecule has 0 saturated carbocycles. The molecule has 1 heterocycles. The van der Waals surface area contributed by atoms with E-state index in [-0.39, 0.29) is 0 Å². The topological polar surface area (TPSA) is 68.2 Å². The second kappa shape index (κ2) is 3.92. The SMILES string of the molecule is Cn1cc(C(N)C(=O)O)c2cc(Br)ccc21. The first-order chi connectivity index (χ1) is 7.50. The number of aryl methyl sites for hydroxylation is 1. The summed E-state index contributed by atoms with van der Waals surface area (Å²) in [6.45, 7) is 0. The highest BCUT2D eigenvalue weighted by molar-refractivity contribution is 9.10. The van der Waals surface area contributed by atoms with Gasteiger partial charge in [0.25, 0.3) is 0 Å². The minimum absolute atomic E-state index is 0.631. The normalized spacial score (nSPS) is 12.9. The average Bonchev–Trinajstić information content (AvgIpc) is 2.54. The number of nitrogens with zero attached hydrogens (tertiary/aromatic N) is 1. The van der Waals surface area contributed by atoms with Crippen molar-refractivity contribution in [1.82, 2.24) is 4.57 Å². The summed E-state index contributed by atoms with van der Waals surface area (Å²) in [5.41, 5.74) is 7.24. The Labute approximate surface area is 101 Å². The number of carboxylic acids is 1. The molecule has 1 unspecified atom stereocenters. The molecule has 2 aromatic rings. The van der Waals surface area contributed by atoms with Crippen LogP contribution in [-0.4, -0.2) is 15.6 Å². The van der Waals surface area contributed by atoms with Crippen LogP contribution in [0.15, 0.2) is 28.9 Å². The second-order valence-electron chi connectivity index (χ2n) is 3.67. The summed E-state index contributed by atoms with van der Waals surface area (Å²) < 4.78 is 2.78. The molecule has 0 saturated heterocycles. The van der Waals surface area contributed by atoms with Crippen LogP contribution in [-0.2, 0) is 11.8 Å². The van der Waals surface area contributed by atoms with Crippen LogP contribution in [0.1, 0.15) is 11.6 Å². The van der Waals surface area contributed by atoms with Crippen molar-refractivity contribution < 1.29 is 9.90 Å². The van der Waals surface area contributed by atoms with E-state index in [4.69, 9.17) is 10.8 Å². The van der Waals surface area contributed by atoms with Gasteiger partial charge in [-0.3, -0.25) is 4.79 Å². The highest BCUT2D eigenvalue weighted by atomic mass is 79.9. The van der Waals surface area contributed by atoms with Gasteiger partial charge in [0.15, 0.2) is 0 Å². The first kappa shape index (κ1) is 11.2. The minimum atomic E-state index is -1.02. The van der Waals surface area contributed by atoms with Gasteiger partial charge in [-0.25, -0.2) is 0 Å². The maximum atomic E-state index is 10.9. The molecular weight excluding hydrogens is 272 g/mol. The molecule has 0 aliphatic carbocycles. The average molecular weight is 283 g/mol. The summed E-state index contributed by atoms with van der Waals surface area (Å²) in [6, 6.07) is 4.74. The van der Waals surface area contributed by atoms with E-state index in [9.17, 15) is 4.79 Å². The van der Waals surface area contributed by atoms with E-state index in [0.717, 1.165) is 15.4 Å². The number of fused-ring (bicyclic) bond motifs is 1. The fourth-order valence-corrected chi connectivity index (χ4v) is 2.14. The van der Waals surface area contributed by atoms with Crippen LogP contribution in [0.4, 0.5) is 0 Å². The van der Waals surface area contributed by atoms with Gasteiger partial charge in [-0.15, -0.1) is 0 Å². The van der Waals surface area contributed by atoms with Crippen LogP contribution in [0.2, 0.25) is 0 Å². The van der Waals surface area contributed by atoms with E-state index in [1.54, 1.807) is 6.20 Å². The zero-order chi connectivity index (χ0) is 11.9. The molecule has 2 rings (SSSR count). The third-order valence-electron chi connectivity index (χ3n) is 2.58. The van der Waals surface area contributed by atoms with Crippen molar-refractivity contribution in [2.24, 2.45) is 12.8 Å². The molecule has 0 aliphatic heterocycles. The molecule has 1 aromatic heterocycles. The Morgan fingerprint density at radius 1 is 1.56 bits per heavy atom. The number of halogens is 1. The molecule has 0 aliphatic rings. The van der Waals surface area contributed by atoms with Gasteiger partial charge in [-0.2, -0.15) is 0 Å². The van der Waals surface area contributed by atoms with E-state index in [0.29, 0.717) is 5.56 Å². The predicted molar refractivity (Wildman–Crippen MR) is 65.2 cm³/mol. The summed E-state index contributed by atoms with van der Waals surface area (Å²) in [6.07, 6.45) is 1.76. The molecule has 16 heavy (non-hydrogen) atoms. The minimum Gasteiger partial charge on any atom is -0.480 e. The second-order valence-corrected chi connectivity index (χ2v) is 4.59. The highest BCUT2D eigenvalue weighted by Gasteiger charge is 2.19. The van der Waals surface area contributed by atoms with E-state index >= 15 is 0 Å². The third kappa shape index (κ3) is 1.72. The Morgan fingerprint density at radius 2 is 2.25 bits per heavy atom. The first-order valence-electron chi connectivity index (χ1n) is 4.73. The number of benzene rings is 1. The number of aromatic nitrogens is 1. The van der Waals surface area contributed by atoms with Crippen molar-refractivity contribution in [3.63, 3.8) is 0 Å². The summed E-state index contributed by atoms with van der Waals surface area (Å²) >= 11 is 3.36. The molecule has 0 amide bonds. The van der Waals surface area contributed by atoms with Crippen molar-refractivity contribution in [3.8, 4) is 0 Å². The Hall–Kier alpha value is -1.33. The first-order valence-corrected chi connectivity index (χ1v) is 5.53. The molecule has 0 bridgehead atoms. The number of hydrogen-bond acceptors (Lipinski definition) is 2. The quantitative estimate of drug-likeness (QED) is 0.886. The molecule has 0 fully saturated rings. The van der Waals surface area contributed by atoms with Crippen LogP contribution < -0.4 is 5.73 Å². The summed E-state index contributed by atoms with van der Waals surface area (Å²) in [4.78, 5) is 10.9. The summed E-state index contributed by atoms with van der Waals surface area (Å²) in [5, 5.41) is 9.79. The molecule has 4 nitrogen and oxygen atoms in total.